The van der Waals surface area contributed by atoms with Gasteiger partial charge < -0.3 is 5.11 Å². The molecule has 0 aromatic heterocycles. The minimum absolute atomic E-state index is 0. The predicted octanol–water partition coefficient (Wildman–Crippen LogP) is 0.820. The number of nitro groups is 2. The van der Waals surface area contributed by atoms with Crippen molar-refractivity contribution in [3.63, 3.8) is 0 Å². The molecule has 0 aliphatic carbocycles. The fourth-order valence-electron chi connectivity index (χ4n) is 1.04. The maximum atomic E-state index is 10.6. The Morgan fingerprint density at radius 3 is 2.12 bits per heavy atom. The van der Waals surface area contributed by atoms with Gasteiger partial charge in [0, 0.05) is 24.9 Å². The van der Waals surface area contributed by atoms with Crippen LogP contribution in [0.5, 0.6) is 0 Å². The van der Waals surface area contributed by atoms with Gasteiger partial charge in [-0.25, -0.2) is 4.79 Å². The zero-order valence-electron chi connectivity index (χ0n) is 8.11. The molecule has 0 aliphatic rings. The standard InChI is InChI=1S/C7H4N2O6.Li/c10-7(11)4-2-1-3-5(8(12)13)6(4)9(14)15;/h1-3H,(H,10,11);. The Bertz CT molecular complexity index is 428. The van der Waals surface area contributed by atoms with Gasteiger partial charge in [-0.1, -0.05) is 6.07 Å². The van der Waals surface area contributed by atoms with Crippen molar-refractivity contribution in [2.45, 2.75) is 0 Å². The number of hydrogen-bond acceptors (Lipinski definition) is 5. The van der Waals surface area contributed by atoms with E-state index in [-0.39, 0.29) is 18.9 Å². The third-order valence-electron chi connectivity index (χ3n) is 1.62. The monoisotopic (exact) mass is 219 g/mol. The number of aromatic carboxylic acids is 1. The number of rotatable bonds is 3. The second kappa shape index (κ2) is 5.25. The van der Waals surface area contributed by atoms with Gasteiger partial charge in [-0.15, -0.1) is 0 Å². The fraction of sp³-hybridized carbons (Fsp3) is 0. The molecule has 9 heteroatoms. The molecule has 1 radical (unpaired) electrons. The molecule has 0 unspecified atom stereocenters. The van der Waals surface area contributed by atoms with Crippen molar-refractivity contribution in [2.75, 3.05) is 0 Å². The molecule has 0 saturated carbocycles. The van der Waals surface area contributed by atoms with E-state index in [0.29, 0.717) is 0 Å². The van der Waals surface area contributed by atoms with Crippen molar-refractivity contribution in [2.24, 2.45) is 0 Å². The summed E-state index contributed by atoms with van der Waals surface area (Å²) >= 11 is 0. The first kappa shape index (κ1) is 14.1. The van der Waals surface area contributed by atoms with Crippen molar-refractivity contribution in [1.29, 1.82) is 0 Å². The first-order valence-electron chi connectivity index (χ1n) is 3.60. The van der Waals surface area contributed by atoms with Crippen LogP contribution in [0.4, 0.5) is 11.4 Å². The molecule has 0 bridgehead atoms. The molecular weight excluding hydrogens is 215 g/mol. The van der Waals surface area contributed by atoms with Gasteiger partial charge in [0.15, 0.2) is 0 Å². The average molecular weight is 219 g/mol. The molecule has 79 valence electrons. The van der Waals surface area contributed by atoms with Gasteiger partial charge in [-0.05, 0) is 6.07 Å². The van der Waals surface area contributed by atoms with Crippen molar-refractivity contribution in [3.8, 4) is 0 Å². The van der Waals surface area contributed by atoms with Crippen LogP contribution in [0.3, 0.4) is 0 Å². The molecule has 0 atom stereocenters. The first-order valence-corrected chi connectivity index (χ1v) is 3.60. The number of nitrogens with zero attached hydrogens (tertiary/aromatic N) is 2. The summed E-state index contributed by atoms with van der Waals surface area (Å²) in [5.41, 5.74) is -2.54. The van der Waals surface area contributed by atoms with Crippen LogP contribution in [-0.2, 0) is 0 Å². The van der Waals surface area contributed by atoms with Gasteiger partial charge >= 0.3 is 17.3 Å². The Morgan fingerprint density at radius 2 is 1.75 bits per heavy atom. The Labute approximate surface area is 100 Å². The van der Waals surface area contributed by atoms with Crippen LogP contribution >= 0.6 is 0 Å². The van der Waals surface area contributed by atoms with Gasteiger partial charge in [-0.3, -0.25) is 20.2 Å². The molecular formula is C7H4LiN2O6. The summed E-state index contributed by atoms with van der Waals surface area (Å²) in [6, 6.07) is 2.90. The van der Waals surface area contributed by atoms with Gasteiger partial charge in [0.05, 0.1) is 9.85 Å². The van der Waals surface area contributed by atoms with Crippen LogP contribution in [-0.4, -0.2) is 39.8 Å². The zero-order chi connectivity index (χ0) is 11.6. The summed E-state index contributed by atoms with van der Waals surface area (Å²) in [6.07, 6.45) is 0. The molecule has 8 nitrogen and oxygen atoms in total. The number of carboxylic acids is 1. The van der Waals surface area contributed by atoms with E-state index >= 15 is 0 Å². The summed E-state index contributed by atoms with van der Waals surface area (Å²) in [5.74, 6) is -1.58. The van der Waals surface area contributed by atoms with Crippen LogP contribution in [0.2, 0.25) is 0 Å². The van der Waals surface area contributed by atoms with Crippen LogP contribution in [0.1, 0.15) is 10.4 Å². The molecule has 1 N–H and O–H groups in total. The topological polar surface area (TPSA) is 124 Å². The molecule has 1 rings (SSSR count). The molecule has 0 aliphatic heterocycles. The Kier molecular flexibility index (Phi) is 4.62. The Hall–Kier alpha value is -1.91. The number of nitro benzene ring substituents is 2. The van der Waals surface area contributed by atoms with Crippen LogP contribution in [0, 0.1) is 20.2 Å². The van der Waals surface area contributed by atoms with E-state index in [4.69, 9.17) is 5.11 Å². The maximum absolute atomic E-state index is 10.6. The Balaban J connectivity index is 0.00000225. The van der Waals surface area contributed by atoms with E-state index in [9.17, 15) is 25.0 Å². The summed E-state index contributed by atoms with van der Waals surface area (Å²) in [7, 11) is 0. The minimum Gasteiger partial charge on any atom is -0.477 e. The molecule has 0 fully saturated rings. The normalized spacial score (nSPS) is 9.00. The van der Waals surface area contributed by atoms with E-state index in [0.717, 1.165) is 18.2 Å². The molecule has 16 heavy (non-hydrogen) atoms. The maximum Gasteiger partial charge on any atom is 0.360 e. The Morgan fingerprint density at radius 1 is 1.19 bits per heavy atom. The van der Waals surface area contributed by atoms with Crippen LogP contribution < -0.4 is 0 Å². The quantitative estimate of drug-likeness (QED) is 0.455. The number of benzene rings is 1. The number of carbonyl (C=O) groups is 1. The summed E-state index contributed by atoms with van der Waals surface area (Å²) in [5, 5.41) is 29.5. The van der Waals surface area contributed by atoms with Crippen molar-refractivity contribution >= 4 is 36.2 Å². The zero-order valence-corrected chi connectivity index (χ0v) is 8.11. The third-order valence-corrected chi connectivity index (χ3v) is 1.62. The number of carboxylic acid groups (broad SMARTS) is 1. The largest absolute Gasteiger partial charge is 0.477 e. The molecule has 0 heterocycles. The SMILES string of the molecule is O=C(O)c1cccc([N+](=O)[O-])c1[N+](=O)[O-].[Li]. The van der Waals surface area contributed by atoms with E-state index < -0.39 is 32.8 Å². The number of hydrogen-bond donors (Lipinski definition) is 1. The smallest absolute Gasteiger partial charge is 0.360 e. The average Bonchev–Trinajstić information content (AvgIpc) is 2.16. The summed E-state index contributed by atoms with van der Waals surface area (Å²) in [4.78, 5) is 29.4. The van der Waals surface area contributed by atoms with Gasteiger partial charge in [0.2, 0.25) is 0 Å². The van der Waals surface area contributed by atoms with Crippen molar-refractivity contribution in [1.82, 2.24) is 0 Å². The molecule has 1 aromatic rings. The van der Waals surface area contributed by atoms with Crippen molar-refractivity contribution in [3.05, 3.63) is 44.0 Å². The predicted molar refractivity (Wildman–Crippen MR) is 52.5 cm³/mol. The van der Waals surface area contributed by atoms with Crippen molar-refractivity contribution < 1.29 is 19.7 Å². The van der Waals surface area contributed by atoms with Crippen LogP contribution in [0.25, 0.3) is 0 Å². The van der Waals surface area contributed by atoms with Crippen LogP contribution in [0.15, 0.2) is 18.2 Å². The number of para-hydroxylation sites is 1. The molecule has 1 aromatic carbocycles. The second-order valence-corrected chi connectivity index (χ2v) is 2.49. The van der Waals surface area contributed by atoms with Gasteiger partial charge in [-0.2, -0.15) is 0 Å². The fourth-order valence-corrected chi connectivity index (χ4v) is 1.04. The molecule has 0 spiro atoms. The third kappa shape index (κ3) is 2.56. The molecule has 0 saturated heterocycles. The minimum atomic E-state index is -1.58. The molecule has 0 amide bonds. The van der Waals surface area contributed by atoms with Gasteiger partial charge in [0.1, 0.15) is 5.56 Å². The van der Waals surface area contributed by atoms with E-state index in [2.05, 4.69) is 0 Å². The van der Waals surface area contributed by atoms with E-state index in [1.54, 1.807) is 0 Å². The van der Waals surface area contributed by atoms with E-state index in [1.165, 1.54) is 0 Å². The second-order valence-electron chi connectivity index (χ2n) is 2.49. The van der Waals surface area contributed by atoms with E-state index in [1.807, 2.05) is 0 Å². The van der Waals surface area contributed by atoms with Gasteiger partial charge in [0.25, 0.3) is 0 Å². The summed E-state index contributed by atoms with van der Waals surface area (Å²) < 4.78 is 0. The first-order chi connectivity index (χ1) is 6.95. The summed E-state index contributed by atoms with van der Waals surface area (Å²) in [6.45, 7) is 0.